The lowest BCUT2D eigenvalue weighted by atomic mass is 9.88. The maximum absolute atomic E-state index is 13.7. The second kappa shape index (κ2) is 11.1. The van der Waals surface area contributed by atoms with E-state index in [9.17, 15) is 9.18 Å². The summed E-state index contributed by atoms with van der Waals surface area (Å²) in [5.41, 5.74) is 5.64. The van der Waals surface area contributed by atoms with Crippen molar-refractivity contribution in [2.45, 2.75) is 52.0 Å². The first-order valence-corrected chi connectivity index (χ1v) is 12.2. The molecule has 3 nitrogen and oxygen atoms in total. The van der Waals surface area contributed by atoms with Crippen molar-refractivity contribution < 1.29 is 9.18 Å². The van der Waals surface area contributed by atoms with E-state index >= 15 is 0 Å². The Morgan fingerprint density at radius 3 is 2.44 bits per heavy atom. The van der Waals surface area contributed by atoms with E-state index in [-0.39, 0.29) is 17.6 Å². The van der Waals surface area contributed by atoms with Gasteiger partial charge in [-0.2, -0.15) is 0 Å². The number of aromatic nitrogens is 1. The molecule has 1 heterocycles. The highest BCUT2D eigenvalue weighted by molar-refractivity contribution is 5.86. The van der Waals surface area contributed by atoms with Gasteiger partial charge in [-0.15, -0.1) is 0 Å². The van der Waals surface area contributed by atoms with E-state index < -0.39 is 0 Å². The third kappa shape index (κ3) is 5.74. The first-order chi connectivity index (χ1) is 16.5. The van der Waals surface area contributed by atoms with Crippen LogP contribution in [0.15, 0.2) is 79.0 Å². The zero-order valence-electron chi connectivity index (χ0n) is 20.1. The molecule has 0 bridgehead atoms. The molecule has 34 heavy (non-hydrogen) atoms. The van der Waals surface area contributed by atoms with Crippen molar-refractivity contribution >= 4 is 16.8 Å². The first-order valence-electron chi connectivity index (χ1n) is 12.2. The van der Waals surface area contributed by atoms with Crippen LogP contribution in [0, 0.1) is 12.7 Å². The number of nitrogens with zero attached hydrogens (tertiary/aromatic N) is 1. The Bertz CT molecular complexity index is 1230. The summed E-state index contributed by atoms with van der Waals surface area (Å²) in [4.78, 5) is 12.9. The Labute approximate surface area is 201 Å². The van der Waals surface area contributed by atoms with Crippen LogP contribution < -0.4 is 5.32 Å². The van der Waals surface area contributed by atoms with Gasteiger partial charge in [0, 0.05) is 42.5 Å². The van der Waals surface area contributed by atoms with E-state index in [0.29, 0.717) is 13.0 Å². The summed E-state index contributed by atoms with van der Waals surface area (Å²) in [6.45, 7) is 5.68. The number of fused-ring (bicyclic) bond motifs is 1. The molecule has 0 aliphatic carbocycles. The number of hydrogen-bond donors (Lipinski definition) is 1. The zero-order chi connectivity index (χ0) is 23.9. The smallest absolute Gasteiger partial charge is 0.220 e. The third-order valence-corrected chi connectivity index (χ3v) is 6.43. The number of hydrogen-bond acceptors (Lipinski definition) is 1. The Kier molecular flexibility index (Phi) is 7.79. The Morgan fingerprint density at radius 1 is 0.971 bits per heavy atom. The predicted octanol–water partition coefficient (Wildman–Crippen LogP) is 6.97. The van der Waals surface area contributed by atoms with Crippen molar-refractivity contribution in [3.8, 4) is 0 Å². The molecule has 1 unspecified atom stereocenters. The van der Waals surface area contributed by atoms with E-state index in [1.807, 2.05) is 12.1 Å². The number of unbranched alkanes of at least 4 members (excludes halogenated alkanes) is 2. The number of rotatable bonds is 10. The number of para-hydroxylation sites is 1. The minimum absolute atomic E-state index is 0.0285. The van der Waals surface area contributed by atoms with Gasteiger partial charge >= 0.3 is 0 Å². The van der Waals surface area contributed by atoms with Gasteiger partial charge < -0.3 is 9.88 Å². The van der Waals surface area contributed by atoms with Crippen molar-refractivity contribution in [3.05, 3.63) is 107 Å². The van der Waals surface area contributed by atoms with Crippen molar-refractivity contribution in [1.29, 1.82) is 0 Å². The first kappa shape index (κ1) is 23.7. The van der Waals surface area contributed by atoms with Gasteiger partial charge in [0.1, 0.15) is 5.82 Å². The standard InChI is InChI=1S/C30H33FN2O/c1-3-4-7-18-32-30(34)19-27(24-14-16-25(31)17-15-24)28-21-33(29-9-6-5-8-26(28)29)20-23-12-10-22(2)11-13-23/h5-6,8-17,21,27H,3-4,7,18-20H2,1-2H3,(H,32,34). The van der Waals surface area contributed by atoms with Crippen molar-refractivity contribution in [1.82, 2.24) is 9.88 Å². The van der Waals surface area contributed by atoms with Crippen LogP contribution in [0.2, 0.25) is 0 Å². The number of carbonyl (C=O) groups excluding carboxylic acids is 1. The highest BCUT2D eigenvalue weighted by Gasteiger charge is 2.23. The molecule has 1 amide bonds. The summed E-state index contributed by atoms with van der Waals surface area (Å²) in [6.07, 6.45) is 5.71. The molecule has 0 saturated carbocycles. The number of amides is 1. The molecule has 176 valence electrons. The molecule has 0 saturated heterocycles. The van der Waals surface area contributed by atoms with E-state index in [0.717, 1.165) is 47.8 Å². The average Bonchev–Trinajstić information content (AvgIpc) is 3.20. The Hall–Kier alpha value is -3.40. The van der Waals surface area contributed by atoms with E-state index in [2.05, 4.69) is 66.3 Å². The second-order valence-corrected chi connectivity index (χ2v) is 9.08. The molecule has 0 aliphatic heterocycles. The number of nitrogens with one attached hydrogen (secondary N) is 1. The lowest BCUT2D eigenvalue weighted by molar-refractivity contribution is -0.121. The third-order valence-electron chi connectivity index (χ3n) is 6.43. The largest absolute Gasteiger partial charge is 0.356 e. The molecule has 1 atom stereocenters. The lowest BCUT2D eigenvalue weighted by Crippen LogP contribution is -2.26. The van der Waals surface area contributed by atoms with Gasteiger partial charge in [-0.3, -0.25) is 4.79 Å². The van der Waals surface area contributed by atoms with Gasteiger partial charge in [0.05, 0.1) is 0 Å². The minimum atomic E-state index is -0.270. The summed E-state index contributed by atoms with van der Waals surface area (Å²) >= 11 is 0. The van der Waals surface area contributed by atoms with E-state index in [1.54, 1.807) is 12.1 Å². The van der Waals surface area contributed by atoms with E-state index in [4.69, 9.17) is 0 Å². The van der Waals surface area contributed by atoms with Crippen LogP contribution in [-0.4, -0.2) is 17.0 Å². The number of aryl methyl sites for hydroxylation is 1. The van der Waals surface area contributed by atoms with Crippen molar-refractivity contribution in [3.63, 3.8) is 0 Å². The molecular formula is C30H33FN2O. The van der Waals surface area contributed by atoms with Crippen LogP contribution in [0.5, 0.6) is 0 Å². The van der Waals surface area contributed by atoms with Gasteiger partial charge in [-0.25, -0.2) is 4.39 Å². The van der Waals surface area contributed by atoms with Crippen LogP contribution in [-0.2, 0) is 11.3 Å². The topological polar surface area (TPSA) is 34.0 Å². The lowest BCUT2D eigenvalue weighted by Gasteiger charge is -2.17. The molecule has 3 aromatic carbocycles. The summed E-state index contributed by atoms with van der Waals surface area (Å²) < 4.78 is 16.0. The summed E-state index contributed by atoms with van der Waals surface area (Å²) in [5, 5.41) is 4.21. The van der Waals surface area contributed by atoms with Crippen LogP contribution >= 0.6 is 0 Å². The number of carbonyl (C=O) groups is 1. The molecule has 1 N–H and O–H groups in total. The normalized spacial score (nSPS) is 12.1. The summed E-state index contributed by atoms with van der Waals surface area (Å²) in [7, 11) is 0. The molecule has 0 spiro atoms. The quantitative estimate of drug-likeness (QED) is 0.257. The molecule has 4 rings (SSSR count). The fraction of sp³-hybridized carbons (Fsp3) is 0.300. The number of benzene rings is 3. The molecule has 4 heteroatoms. The molecule has 0 aliphatic rings. The molecular weight excluding hydrogens is 423 g/mol. The monoisotopic (exact) mass is 456 g/mol. The molecule has 0 radical (unpaired) electrons. The number of halogens is 1. The highest BCUT2D eigenvalue weighted by Crippen LogP contribution is 2.35. The maximum atomic E-state index is 13.7. The maximum Gasteiger partial charge on any atom is 0.220 e. The highest BCUT2D eigenvalue weighted by atomic mass is 19.1. The van der Waals surface area contributed by atoms with Crippen LogP contribution in [0.3, 0.4) is 0 Å². The fourth-order valence-electron chi connectivity index (χ4n) is 4.54. The van der Waals surface area contributed by atoms with Crippen molar-refractivity contribution in [2.24, 2.45) is 0 Å². The summed E-state index contributed by atoms with van der Waals surface area (Å²) in [5.74, 6) is -0.398. The SMILES string of the molecule is CCCCCNC(=O)CC(c1ccc(F)cc1)c1cn(Cc2ccc(C)cc2)c2ccccc12. The Morgan fingerprint density at radius 2 is 1.71 bits per heavy atom. The molecule has 0 fully saturated rings. The van der Waals surface area contributed by atoms with Gasteiger partial charge in [0.25, 0.3) is 0 Å². The molecule has 4 aromatic rings. The minimum Gasteiger partial charge on any atom is -0.356 e. The van der Waals surface area contributed by atoms with Crippen LogP contribution in [0.1, 0.15) is 60.8 Å². The van der Waals surface area contributed by atoms with E-state index in [1.165, 1.54) is 23.3 Å². The van der Waals surface area contributed by atoms with Gasteiger partial charge in [0.2, 0.25) is 5.91 Å². The van der Waals surface area contributed by atoms with Gasteiger partial charge in [0.15, 0.2) is 0 Å². The van der Waals surface area contributed by atoms with Crippen LogP contribution in [0.4, 0.5) is 4.39 Å². The molecule has 1 aromatic heterocycles. The Balaban J connectivity index is 1.69. The van der Waals surface area contributed by atoms with Crippen molar-refractivity contribution in [2.75, 3.05) is 6.54 Å². The summed E-state index contributed by atoms with van der Waals surface area (Å²) in [6, 6.07) is 23.5. The second-order valence-electron chi connectivity index (χ2n) is 9.08. The fourth-order valence-corrected chi connectivity index (χ4v) is 4.54. The zero-order valence-corrected chi connectivity index (χ0v) is 20.1. The van der Waals surface area contributed by atoms with Gasteiger partial charge in [-0.05, 0) is 48.2 Å². The predicted molar refractivity (Wildman–Crippen MR) is 138 cm³/mol. The van der Waals surface area contributed by atoms with Gasteiger partial charge in [-0.1, -0.05) is 79.9 Å². The average molecular weight is 457 g/mol. The van der Waals surface area contributed by atoms with Crippen LogP contribution in [0.25, 0.3) is 10.9 Å².